The molecule has 3 aliphatic rings. The zero-order valence-corrected chi connectivity index (χ0v) is 16.2. The van der Waals surface area contributed by atoms with Gasteiger partial charge in [0.2, 0.25) is 0 Å². The average molecular weight is 391 g/mol. The first-order valence-electron chi connectivity index (χ1n) is 9.87. The van der Waals surface area contributed by atoms with Gasteiger partial charge >= 0.3 is 6.18 Å². The molecule has 0 bridgehead atoms. The average Bonchev–Trinajstić information content (AvgIpc) is 2.63. The van der Waals surface area contributed by atoms with Crippen molar-refractivity contribution in [1.29, 1.82) is 0 Å². The summed E-state index contributed by atoms with van der Waals surface area (Å²) >= 11 is 0. The molecule has 2 unspecified atom stereocenters. The van der Waals surface area contributed by atoms with Crippen LogP contribution in [0, 0.1) is 23.1 Å². The van der Waals surface area contributed by atoms with E-state index in [9.17, 15) is 17.6 Å². The summed E-state index contributed by atoms with van der Waals surface area (Å²) < 4.78 is 52.7. The van der Waals surface area contributed by atoms with Gasteiger partial charge in [-0.05, 0) is 80.9 Å². The van der Waals surface area contributed by atoms with E-state index in [-0.39, 0.29) is 30.0 Å². The van der Waals surface area contributed by atoms with E-state index in [4.69, 9.17) is 0 Å². The first-order chi connectivity index (χ1) is 13.2. The summed E-state index contributed by atoms with van der Waals surface area (Å²) in [4.78, 5) is 0. The Balaban J connectivity index is 1.59. The van der Waals surface area contributed by atoms with Crippen LogP contribution in [0.1, 0.15) is 46.0 Å². The molecular weight excluding hydrogens is 366 g/mol. The Morgan fingerprint density at radius 1 is 1.14 bits per heavy atom. The summed E-state index contributed by atoms with van der Waals surface area (Å²) in [6, 6.07) is 6.26. The molecule has 3 aliphatic carbocycles. The van der Waals surface area contributed by atoms with Crippen molar-refractivity contribution in [3.05, 3.63) is 64.7 Å². The lowest BCUT2D eigenvalue weighted by atomic mass is 9.56. The predicted molar refractivity (Wildman–Crippen MR) is 103 cm³/mol. The second-order valence-electron chi connectivity index (χ2n) is 8.61. The molecule has 0 radical (unpaired) electrons. The van der Waals surface area contributed by atoms with Gasteiger partial charge in [-0.2, -0.15) is 13.2 Å². The zero-order chi connectivity index (χ0) is 20.1. The van der Waals surface area contributed by atoms with Gasteiger partial charge in [0.25, 0.3) is 0 Å². The third kappa shape index (κ3) is 3.40. The molecule has 1 fully saturated rings. The predicted octanol–water partition coefficient (Wildman–Crippen LogP) is 7.16. The van der Waals surface area contributed by atoms with Crippen LogP contribution in [-0.2, 0) is 0 Å². The number of nitrogens with one attached hydrogen (secondary N) is 1. The van der Waals surface area contributed by atoms with Crippen LogP contribution in [0.25, 0.3) is 0 Å². The monoisotopic (exact) mass is 391 g/mol. The molecule has 1 saturated carbocycles. The Labute approximate surface area is 163 Å². The van der Waals surface area contributed by atoms with Crippen LogP contribution in [0.2, 0.25) is 0 Å². The highest BCUT2D eigenvalue weighted by Gasteiger charge is 2.48. The van der Waals surface area contributed by atoms with E-state index in [1.165, 1.54) is 28.9 Å². The first kappa shape index (κ1) is 19.3. The highest BCUT2D eigenvalue weighted by molar-refractivity contribution is 5.56. The number of hydrogen-bond acceptors (Lipinski definition) is 1. The van der Waals surface area contributed by atoms with Crippen molar-refractivity contribution in [2.24, 2.45) is 17.3 Å². The number of fused-ring (bicyclic) bond motifs is 3. The van der Waals surface area contributed by atoms with Crippen molar-refractivity contribution in [2.75, 3.05) is 5.32 Å². The van der Waals surface area contributed by atoms with E-state index in [0.717, 1.165) is 30.6 Å². The minimum absolute atomic E-state index is 0.0296. The normalized spacial score (nSPS) is 30.2. The van der Waals surface area contributed by atoms with Gasteiger partial charge in [0.1, 0.15) is 5.82 Å². The van der Waals surface area contributed by atoms with E-state index >= 15 is 0 Å². The van der Waals surface area contributed by atoms with Gasteiger partial charge in [0.15, 0.2) is 0 Å². The maximum Gasteiger partial charge on any atom is 0.392 e. The first-order valence-corrected chi connectivity index (χ1v) is 9.87. The molecule has 1 aromatic carbocycles. The molecular formula is C23H25F4N. The fourth-order valence-corrected chi connectivity index (χ4v) is 5.21. The molecule has 150 valence electrons. The Kier molecular flexibility index (Phi) is 4.67. The van der Waals surface area contributed by atoms with Crippen molar-refractivity contribution in [3.8, 4) is 0 Å². The van der Waals surface area contributed by atoms with Crippen LogP contribution in [0.4, 0.5) is 23.2 Å². The Morgan fingerprint density at radius 2 is 1.86 bits per heavy atom. The fraction of sp³-hybridized carbons (Fsp3) is 0.478. The number of benzene rings is 1. The summed E-state index contributed by atoms with van der Waals surface area (Å²) in [6.07, 6.45) is 2.67. The molecule has 28 heavy (non-hydrogen) atoms. The second-order valence-corrected chi connectivity index (χ2v) is 8.61. The van der Waals surface area contributed by atoms with Gasteiger partial charge in [-0.15, -0.1) is 0 Å². The lowest BCUT2D eigenvalue weighted by molar-refractivity contribution is -0.179. The lowest BCUT2D eigenvalue weighted by Crippen LogP contribution is -2.39. The Morgan fingerprint density at radius 3 is 2.54 bits per heavy atom. The van der Waals surface area contributed by atoms with E-state index in [1.54, 1.807) is 12.1 Å². The second kappa shape index (κ2) is 6.78. The van der Waals surface area contributed by atoms with Gasteiger partial charge in [-0.25, -0.2) is 4.39 Å². The van der Waals surface area contributed by atoms with Crippen LogP contribution in [0.15, 0.2) is 58.8 Å². The van der Waals surface area contributed by atoms with Crippen molar-refractivity contribution in [3.63, 3.8) is 0 Å². The molecule has 4 rings (SSSR count). The van der Waals surface area contributed by atoms with E-state index in [2.05, 4.69) is 25.2 Å². The molecule has 1 aromatic rings. The van der Waals surface area contributed by atoms with E-state index < -0.39 is 12.1 Å². The molecule has 0 aliphatic heterocycles. The number of halogens is 4. The largest absolute Gasteiger partial charge is 0.392 e. The van der Waals surface area contributed by atoms with Crippen LogP contribution < -0.4 is 5.32 Å². The van der Waals surface area contributed by atoms with Gasteiger partial charge < -0.3 is 5.32 Å². The molecule has 1 N–H and O–H groups in total. The molecule has 0 saturated heterocycles. The summed E-state index contributed by atoms with van der Waals surface area (Å²) in [5.74, 6) is -1.45. The topological polar surface area (TPSA) is 12.0 Å². The number of allylic oxidation sites excluding steroid dienone is 5. The fourth-order valence-electron chi connectivity index (χ4n) is 5.21. The number of alkyl halides is 3. The van der Waals surface area contributed by atoms with Gasteiger partial charge in [-0.1, -0.05) is 24.1 Å². The van der Waals surface area contributed by atoms with E-state index in [1.807, 2.05) is 6.08 Å². The number of anilines is 1. The maximum absolute atomic E-state index is 13.2. The molecule has 0 amide bonds. The quantitative estimate of drug-likeness (QED) is 0.417. The highest BCUT2D eigenvalue weighted by atomic mass is 19.4. The van der Waals surface area contributed by atoms with Gasteiger partial charge in [-0.3, -0.25) is 0 Å². The number of hydrogen-bond donors (Lipinski definition) is 1. The van der Waals surface area contributed by atoms with Crippen molar-refractivity contribution in [2.45, 2.75) is 52.1 Å². The molecule has 0 heterocycles. The highest BCUT2D eigenvalue weighted by Crippen LogP contribution is 2.57. The van der Waals surface area contributed by atoms with Crippen molar-refractivity contribution < 1.29 is 17.6 Å². The third-order valence-electron chi connectivity index (χ3n) is 6.72. The molecule has 0 spiro atoms. The van der Waals surface area contributed by atoms with Gasteiger partial charge in [0, 0.05) is 16.8 Å². The van der Waals surface area contributed by atoms with Crippen molar-refractivity contribution in [1.82, 2.24) is 0 Å². The van der Waals surface area contributed by atoms with Crippen LogP contribution in [-0.4, -0.2) is 6.18 Å². The minimum Gasteiger partial charge on any atom is -0.356 e. The lowest BCUT2D eigenvalue weighted by Gasteiger charge is -2.48. The summed E-state index contributed by atoms with van der Waals surface area (Å²) in [6.45, 7) is 4.25. The summed E-state index contributed by atoms with van der Waals surface area (Å²) in [5, 5.41) is 3.38. The van der Waals surface area contributed by atoms with Gasteiger partial charge in [0.05, 0.1) is 5.92 Å². The SMILES string of the molecule is CC1=C(Nc2ccc(F)cc2)C=C2CCC3C[C@H](C(F)(F)F)CC=C3C2(C)C1. The van der Waals surface area contributed by atoms with Crippen LogP contribution in [0.3, 0.4) is 0 Å². The molecule has 1 nitrogen and oxygen atoms in total. The summed E-state index contributed by atoms with van der Waals surface area (Å²) in [7, 11) is 0. The van der Waals surface area contributed by atoms with Crippen molar-refractivity contribution >= 4 is 5.69 Å². The maximum atomic E-state index is 13.2. The zero-order valence-electron chi connectivity index (χ0n) is 16.2. The molecule has 5 heteroatoms. The third-order valence-corrected chi connectivity index (χ3v) is 6.72. The molecule has 0 aromatic heterocycles. The molecule has 3 atom stereocenters. The smallest absolute Gasteiger partial charge is 0.356 e. The summed E-state index contributed by atoms with van der Waals surface area (Å²) in [5.41, 5.74) is 5.32. The number of rotatable bonds is 2. The Hall–Kier alpha value is -2.04. The standard InChI is InChI=1S/C23H25F4N/c1-14-13-22(2)16(12-21(14)28-19-8-6-18(24)7-9-19)4-3-15-11-17(23(25,26)27)5-10-20(15)22/h6-10,12,15,17,28H,3-5,11,13H2,1-2H3/t15?,17-,22?/m1/s1. The van der Waals surface area contributed by atoms with Crippen LogP contribution >= 0.6 is 0 Å². The van der Waals surface area contributed by atoms with E-state index in [0.29, 0.717) is 0 Å². The minimum atomic E-state index is -4.10. The van der Waals surface area contributed by atoms with Crippen LogP contribution in [0.5, 0.6) is 0 Å². The Bertz CT molecular complexity index is 860.